The van der Waals surface area contributed by atoms with Gasteiger partial charge in [0.05, 0.1) is 0 Å². The topological polar surface area (TPSA) is 68.8 Å². The van der Waals surface area contributed by atoms with E-state index in [1.54, 1.807) is 0 Å². The van der Waals surface area contributed by atoms with Gasteiger partial charge in [0.1, 0.15) is 11.0 Å². The maximum Gasteiger partial charge on any atom is 0.163 e. The monoisotopic (exact) mass is 213 g/mol. The van der Waals surface area contributed by atoms with Crippen LogP contribution >= 0.6 is 23.6 Å². The van der Waals surface area contributed by atoms with E-state index in [0.29, 0.717) is 5.82 Å². The molecular weight excluding hydrogens is 206 g/mol. The number of rotatable bonds is 1. The van der Waals surface area contributed by atoms with Gasteiger partial charge in [0.2, 0.25) is 0 Å². The van der Waals surface area contributed by atoms with Gasteiger partial charge in [-0.25, -0.2) is 15.8 Å². The average Bonchev–Trinajstić information content (AvgIpc) is 2.43. The van der Waals surface area contributed by atoms with Gasteiger partial charge in [-0.15, -0.1) is 0 Å². The molecule has 2 rings (SSSR count). The molecule has 0 unspecified atom stereocenters. The summed E-state index contributed by atoms with van der Waals surface area (Å²) in [5, 5.41) is 0. The zero-order chi connectivity index (χ0) is 9.42. The van der Waals surface area contributed by atoms with Crippen LogP contribution in [0.25, 0.3) is 10.3 Å². The zero-order valence-electron chi connectivity index (χ0n) is 6.81. The van der Waals surface area contributed by atoms with E-state index in [9.17, 15) is 0 Å². The van der Waals surface area contributed by atoms with Crippen molar-refractivity contribution in [1.29, 1.82) is 0 Å². The maximum atomic E-state index is 5.30. The molecule has 0 aliphatic heterocycles. The molecular formula is C6H7N5S2. The van der Waals surface area contributed by atoms with Crippen LogP contribution in [0.2, 0.25) is 0 Å². The molecule has 0 radical (unpaired) electrons. The number of anilines is 1. The number of nitrogens with one attached hydrogen (secondary N) is 1. The normalized spacial score (nSPS) is 10.6. The van der Waals surface area contributed by atoms with Crippen molar-refractivity contribution < 1.29 is 0 Å². The second-order valence-corrected chi connectivity index (χ2v) is 4.09. The highest BCUT2D eigenvalue weighted by atomic mass is 32.1. The van der Waals surface area contributed by atoms with Gasteiger partial charge in [0.25, 0.3) is 0 Å². The lowest BCUT2D eigenvalue weighted by Gasteiger charge is -1.98. The Hall–Kier alpha value is -1.05. The fourth-order valence-corrected chi connectivity index (χ4v) is 2.27. The quantitative estimate of drug-likeness (QED) is 0.421. The number of hydrogen-bond acceptors (Lipinski definition) is 6. The largest absolute Gasteiger partial charge is 0.311 e. The Kier molecular flexibility index (Phi) is 1.98. The minimum Gasteiger partial charge on any atom is -0.311 e. The van der Waals surface area contributed by atoms with Crippen molar-refractivity contribution in [3.63, 3.8) is 0 Å². The predicted octanol–water partition coefficient (Wildman–Crippen LogP) is 1.04. The number of nitrogens with zero attached hydrogens (tertiary/aromatic N) is 3. The van der Waals surface area contributed by atoms with Crippen LogP contribution < -0.4 is 11.3 Å². The third-order valence-corrected chi connectivity index (χ3v) is 3.26. The molecule has 2 heterocycles. The Balaban J connectivity index is 2.92. The van der Waals surface area contributed by atoms with Crippen LogP contribution in [0.5, 0.6) is 0 Å². The summed E-state index contributed by atoms with van der Waals surface area (Å²) < 4.78 is 3.47. The van der Waals surface area contributed by atoms with Gasteiger partial charge >= 0.3 is 0 Å². The van der Waals surface area contributed by atoms with Gasteiger partial charge in [-0.2, -0.15) is 0 Å². The second-order valence-electron chi connectivity index (χ2n) is 2.45. The highest BCUT2D eigenvalue weighted by Gasteiger charge is 2.07. The fourth-order valence-electron chi connectivity index (χ4n) is 1.04. The molecule has 13 heavy (non-hydrogen) atoms. The summed E-state index contributed by atoms with van der Waals surface area (Å²) in [6.07, 6.45) is 1.46. The zero-order valence-corrected chi connectivity index (χ0v) is 8.45. The molecule has 0 saturated carbocycles. The predicted molar refractivity (Wildman–Crippen MR) is 55.0 cm³/mol. The number of thiazole rings is 1. The van der Waals surface area contributed by atoms with Crippen molar-refractivity contribution in [3.8, 4) is 0 Å². The summed E-state index contributed by atoms with van der Waals surface area (Å²) in [6, 6.07) is 0. The van der Waals surface area contributed by atoms with Gasteiger partial charge in [-0.05, 0) is 12.2 Å². The molecule has 2 aromatic rings. The molecule has 0 aliphatic carbocycles. The van der Waals surface area contributed by atoms with Crippen LogP contribution in [-0.2, 0) is 7.05 Å². The second kappa shape index (κ2) is 3.02. The number of aromatic nitrogens is 3. The van der Waals surface area contributed by atoms with Crippen LogP contribution in [0, 0.1) is 3.95 Å². The number of hydrazine groups is 1. The number of nitrogens with two attached hydrogens (primary N) is 1. The molecule has 0 fully saturated rings. The third kappa shape index (κ3) is 1.21. The van der Waals surface area contributed by atoms with E-state index in [1.165, 1.54) is 17.7 Å². The van der Waals surface area contributed by atoms with E-state index in [4.69, 9.17) is 18.1 Å². The lowest BCUT2D eigenvalue weighted by molar-refractivity contribution is 0.937. The number of fused-ring (bicyclic) bond motifs is 1. The Morgan fingerprint density at radius 3 is 3.08 bits per heavy atom. The van der Waals surface area contributed by atoms with Crippen molar-refractivity contribution in [1.82, 2.24) is 14.5 Å². The summed E-state index contributed by atoms with van der Waals surface area (Å²) in [4.78, 5) is 8.09. The summed E-state index contributed by atoms with van der Waals surface area (Å²) >= 11 is 6.55. The number of aryl methyl sites for hydroxylation is 1. The lowest BCUT2D eigenvalue weighted by Crippen LogP contribution is -2.08. The molecule has 68 valence electrons. The standard InChI is InChI=1S/C6H7N5S2/c1-11-5-3(13-6(11)12)4(10-7)8-2-9-5/h2H,7H2,1H3,(H,8,9,10). The first-order valence-electron chi connectivity index (χ1n) is 3.51. The van der Waals surface area contributed by atoms with Crippen LogP contribution in [0.15, 0.2) is 6.33 Å². The molecule has 0 aliphatic rings. The molecule has 0 saturated heterocycles. The molecule has 0 amide bonds. The van der Waals surface area contributed by atoms with Crippen molar-refractivity contribution in [2.45, 2.75) is 0 Å². The van der Waals surface area contributed by atoms with Crippen LogP contribution in [0.4, 0.5) is 5.82 Å². The smallest absolute Gasteiger partial charge is 0.163 e. The molecule has 0 spiro atoms. The van der Waals surface area contributed by atoms with E-state index in [1.807, 2.05) is 11.6 Å². The van der Waals surface area contributed by atoms with E-state index in [-0.39, 0.29) is 0 Å². The Morgan fingerprint density at radius 1 is 1.62 bits per heavy atom. The van der Waals surface area contributed by atoms with E-state index < -0.39 is 0 Å². The summed E-state index contributed by atoms with van der Waals surface area (Å²) in [6.45, 7) is 0. The molecule has 0 atom stereocenters. The average molecular weight is 213 g/mol. The summed E-state index contributed by atoms with van der Waals surface area (Å²) in [7, 11) is 1.87. The third-order valence-electron chi connectivity index (χ3n) is 1.70. The molecule has 2 aromatic heterocycles. The minimum absolute atomic E-state index is 0.613. The lowest BCUT2D eigenvalue weighted by atomic mass is 10.5. The Bertz CT molecular complexity index is 499. The highest BCUT2D eigenvalue weighted by Crippen LogP contribution is 2.24. The SMILES string of the molecule is Cn1c(=S)sc2c(NN)ncnc21. The summed E-state index contributed by atoms with van der Waals surface area (Å²) in [5.74, 6) is 5.91. The fraction of sp³-hybridized carbons (Fsp3) is 0.167. The van der Waals surface area contributed by atoms with Gasteiger partial charge < -0.3 is 9.99 Å². The molecule has 0 bridgehead atoms. The van der Waals surface area contributed by atoms with Gasteiger partial charge in [-0.1, -0.05) is 11.3 Å². The van der Waals surface area contributed by atoms with Gasteiger partial charge in [0, 0.05) is 7.05 Å². The van der Waals surface area contributed by atoms with Gasteiger partial charge in [0.15, 0.2) is 15.4 Å². The van der Waals surface area contributed by atoms with Crippen molar-refractivity contribution in [2.75, 3.05) is 5.43 Å². The first-order valence-corrected chi connectivity index (χ1v) is 4.73. The summed E-state index contributed by atoms with van der Waals surface area (Å²) in [5.41, 5.74) is 3.31. The highest BCUT2D eigenvalue weighted by molar-refractivity contribution is 7.73. The minimum atomic E-state index is 0.613. The molecule has 0 aromatic carbocycles. The van der Waals surface area contributed by atoms with Crippen molar-refractivity contribution >= 4 is 39.7 Å². The van der Waals surface area contributed by atoms with Crippen molar-refractivity contribution in [3.05, 3.63) is 10.3 Å². The number of nitrogen functional groups attached to an aromatic ring is 1. The maximum absolute atomic E-state index is 5.30. The Labute approximate surface area is 83.2 Å². The Morgan fingerprint density at radius 2 is 2.38 bits per heavy atom. The van der Waals surface area contributed by atoms with E-state index >= 15 is 0 Å². The van der Waals surface area contributed by atoms with Crippen molar-refractivity contribution in [2.24, 2.45) is 12.9 Å². The van der Waals surface area contributed by atoms with E-state index in [2.05, 4.69) is 15.4 Å². The first-order chi connectivity index (χ1) is 6.24. The molecule has 5 nitrogen and oxygen atoms in total. The first kappa shape index (κ1) is 8.54. The van der Waals surface area contributed by atoms with Crippen LogP contribution in [-0.4, -0.2) is 14.5 Å². The number of hydrogen-bond donors (Lipinski definition) is 2. The van der Waals surface area contributed by atoms with E-state index in [0.717, 1.165) is 14.3 Å². The van der Waals surface area contributed by atoms with Gasteiger partial charge in [-0.3, -0.25) is 0 Å². The van der Waals surface area contributed by atoms with Crippen LogP contribution in [0.3, 0.4) is 0 Å². The molecule has 3 N–H and O–H groups in total. The van der Waals surface area contributed by atoms with Crippen LogP contribution in [0.1, 0.15) is 0 Å². The molecule has 7 heteroatoms.